The number of nitrogens with zero attached hydrogens (tertiary/aromatic N) is 1. The molecule has 1 saturated heterocycles. The van der Waals surface area contributed by atoms with Crippen LogP contribution in [0.2, 0.25) is 5.02 Å². The summed E-state index contributed by atoms with van der Waals surface area (Å²) in [7, 11) is 0. The Morgan fingerprint density at radius 3 is 2.58 bits per heavy atom. The minimum atomic E-state index is -4.47. The van der Waals surface area contributed by atoms with Gasteiger partial charge in [0.1, 0.15) is 0 Å². The fourth-order valence-electron chi connectivity index (χ4n) is 2.03. The standard InChI is InChI=1S/C12H10BrClF3NO/c13-5-7-1-11(19)18(6-7)10-3-8(12(15,16)17)2-9(14)4-10/h2-4,7H,1,5-6H2. The van der Waals surface area contributed by atoms with Crippen LogP contribution in [0.3, 0.4) is 0 Å². The van der Waals surface area contributed by atoms with Crippen molar-refractivity contribution in [3.05, 3.63) is 28.8 Å². The van der Waals surface area contributed by atoms with Crippen molar-refractivity contribution in [2.45, 2.75) is 12.6 Å². The second-order valence-electron chi connectivity index (χ2n) is 4.42. The minimum Gasteiger partial charge on any atom is -0.312 e. The highest BCUT2D eigenvalue weighted by molar-refractivity contribution is 9.09. The normalized spacial score (nSPS) is 20.2. The smallest absolute Gasteiger partial charge is 0.312 e. The van der Waals surface area contributed by atoms with Gasteiger partial charge in [0.25, 0.3) is 0 Å². The number of amides is 1. The molecule has 0 aromatic heterocycles. The quantitative estimate of drug-likeness (QED) is 0.730. The van der Waals surface area contributed by atoms with E-state index in [-0.39, 0.29) is 22.5 Å². The van der Waals surface area contributed by atoms with Gasteiger partial charge in [-0.3, -0.25) is 4.79 Å². The molecule has 1 fully saturated rings. The molecular formula is C12H10BrClF3NO. The summed E-state index contributed by atoms with van der Waals surface area (Å²) < 4.78 is 38.1. The van der Waals surface area contributed by atoms with Gasteiger partial charge >= 0.3 is 6.18 Å². The lowest BCUT2D eigenvalue weighted by Crippen LogP contribution is -2.25. The van der Waals surface area contributed by atoms with E-state index in [1.165, 1.54) is 11.0 Å². The molecule has 1 heterocycles. The maximum absolute atomic E-state index is 12.7. The molecule has 0 spiro atoms. The highest BCUT2D eigenvalue weighted by Crippen LogP contribution is 2.36. The molecule has 0 aliphatic carbocycles. The largest absolute Gasteiger partial charge is 0.416 e. The van der Waals surface area contributed by atoms with Crippen molar-refractivity contribution in [2.24, 2.45) is 5.92 Å². The molecule has 0 N–H and O–H groups in total. The maximum atomic E-state index is 12.7. The average molecular weight is 357 g/mol. The Balaban J connectivity index is 2.35. The summed E-state index contributed by atoms with van der Waals surface area (Å²) in [6.45, 7) is 0.404. The van der Waals surface area contributed by atoms with Gasteiger partial charge in [-0.15, -0.1) is 0 Å². The van der Waals surface area contributed by atoms with Crippen LogP contribution in [0.15, 0.2) is 18.2 Å². The van der Waals surface area contributed by atoms with Crippen molar-refractivity contribution < 1.29 is 18.0 Å². The van der Waals surface area contributed by atoms with E-state index in [0.717, 1.165) is 12.1 Å². The first-order valence-electron chi connectivity index (χ1n) is 5.55. The second kappa shape index (κ2) is 5.32. The Kier molecular flexibility index (Phi) is 4.11. The van der Waals surface area contributed by atoms with Gasteiger partial charge in [0.15, 0.2) is 0 Å². The number of carbonyl (C=O) groups excluding carboxylic acids is 1. The molecule has 1 aliphatic heterocycles. The molecule has 1 unspecified atom stereocenters. The van der Waals surface area contributed by atoms with Gasteiger partial charge in [0, 0.05) is 29.0 Å². The van der Waals surface area contributed by atoms with Crippen molar-refractivity contribution in [3.63, 3.8) is 0 Å². The van der Waals surface area contributed by atoms with Crippen LogP contribution in [0.1, 0.15) is 12.0 Å². The Bertz CT molecular complexity index is 506. The summed E-state index contributed by atoms with van der Waals surface area (Å²) >= 11 is 8.98. The van der Waals surface area contributed by atoms with E-state index in [0.29, 0.717) is 18.3 Å². The first-order chi connectivity index (χ1) is 8.81. The third kappa shape index (κ3) is 3.23. The zero-order valence-corrected chi connectivity index (χ0v) is 12.0. The fraction of sp³-hybridized carbons (Fsp3) is 0.417. The Morgan fingerprint density at radius 2 is 2.05 bits per heavy atom. The van der Waals surface area contributed by atoms with E-state index >= 15 is 0 Å². The molecule has 19 heavy (non-hydrogen) atoms. The predicted octanol–water partition coefficient (Wildman–Crippen LogP) is 4.11. The van der Waals surface area contributed by atoms with E-state index in [9.17, 15) is 18.0 Å². The molecule has 1 aromatic carbocycles. The van der Waals surface area contributed by atoms with Gasteiger partial charge in [0.05, 0.1) is 5.56 Å². The number of hydrogen-bond donors (Lipinski definition) is 0. The SMILES string of the molecule is O=C1CC(CBr)CN1c1cc(Cl)cc(C(F)(F)F)c1. The van der Waals surface area contributed by atoms with Crippen LogP contribution in [-0.2, 0) is 11.0 Å². The number of alkyl halides is 4. The lowest BCUT2D eigenvalue weighted by atomic mass is 10.1. The molecule has 0 saturated carbocycles. The van der Waals surface area contributed by atoms with Crippen LogP contribution in [0.5, 0.6) is 0 Å². The Morgan fingerprint density at radius 1 is 1.37 bits per heavy atom. The monoisotopic (exact) mass is 355 g/mol. The lowest BCUT2D eigenvalue weighted by Gasteiger charge is -2.18. The molecule has 1 atom stereocenters. The number of anilines is 1. The number of carbonyl (C=O) groups is 1. The van der Waals surface area contributed by atoms with Crippen molar-refractivity contribution in [3.8, 4) is 0 Å². The predicted molar refractivity (Wildman–Crippen MR) is 70.7 cm³/mol. The summed E-state index contributed by atoms with van der Waals surface area (Å²) in [6.07, 6.45) is -4.14. The Labute approximate surface area is 121 Å². The van der Waals surface area contributed by atoms with Gasteiger partial charge in [-0.25, -0.2) is 0 Å². The highest BCUT2D eigenvalue weighted by atomic mass is 79.9. The van der Waals surface area contributed by atoms with E-state index in [1.54, 1.807) is 0 Å². The van der Waals surface area contributed by atoms with Crippen molar-refractivity contribution in [2.75, 3.05) is 16.8 Å². The Hall–Kier alpha value is -0.750. The van der Waals surface area contributed by atoms with Crippen molar-refractivity contribution in [1.29, 1.82) is 0 Å². The van der Waals surface area contributed by atoms with E-state index in [1.807, 2.05) is 0 Å². The molecule has 104 valence electrons. The molecule has 0 radical (unpaired) electrons. The molecular weight excluding hydrogens is 346 g/mol. The molecule has 1 amide bonds. The number of hydrogen-bond acceptors (Lipinski definition) is 1. The zero-order chi connectivity index (χ0) is 14.2. The third-order valence-electron chi connectivity index (χ3n) is 2.94. The first-order valence-corrected chi connectivity index (χ1v) is 7.05. The number of halogens is 5. The van der Waals surface area contributed by atoms with Crippen molar-refractivity contribution >= 4 is 39.1 Å². The summed E-state index contributed by atoms with van der Waals surface area (Å²) in [5.74, 6) is -0.0688. The fourth-order valence-corrected chi connectivity index (χ4v) is 2.69. The van der Waals surface area contributed by atoms with E-state index < -0.39 is 11.7 Å². The van der Waals surface area contributed by atoms with Crippen LogP contribution in [-0.4, -0.2) is 17.8 Å². The van der Waals surface area contributed by atoms with Gasteiger partial charge in [-0.05, 0) is 24.1 Å². The summed E-state index contributed by atoms with van der Waals surface area (Å²) in [6, 6.07) is 3.19. The van der Waals surface area contributed by atoms with Crippen LogP contribution < -0.4 is 4.90 Å². The maximum Gasteiger partial charge on any atom is 0.416 e. The van der Waals surface area contributed by atoms with Crippen molar-refractivity contribution in [1.82, 2.24) is 0 Å². The van der Waals surface area contributed by atoms with Gasteiger partial charge in [-0.1, -0.05) is 27.5 Å². The minimum absolute atomic E-state index is 0.0279. The molecule has 2 nitrogen and oxygen atoms in total. The molecule has 1 aliphatic rings. The molecule has 2 rings (SSSR count). The molecule has 1 aromatic rings. The van der Waals surface area contributed by atoms with Crippen LogP contribution in [0.4, 0.5) is 18.9 Å². The third-order valence-corrected chi connectivity index (χ3v) is 4.08. The van der Waals surface area contributed by atoms with E-state index in [2.05, 4.69) is 15.9 Å². The summed E-state index contributed by atoms with van der Waals surface area (Å²) in [4.78, 5) is 13.2. The zero-order valence-electron chi connectivity index (χ0n) is 9.68. The number of benzene rings is 1. The molecule has 7 heteroatoms. The molecule has 0 bridgehead atoms. The van der Waals surface area contributed by atoms with Crippen LogP contribution in [0.25, 0.3) is 0 Å². The topological polar surface area (TPSA) is 20.3 Å². The van der Waals surface area contributed by atoms with Gasteiger partial charge in [0.2, 0.25) is 5.91 Å². The second-order valence-corrected chi connectivity index (χ2v) is 5.51. The average Bonchev–Trinajstić information content (AvgIpc) is 2.68. The lowest BCUT2D eigenvalue weighted by molar-refractivity contribution is -0.137. The summed E-state index contributed by atoms with van der Waals surface area (Å²) in [5.41, 5.74) is -0.640. The van der Waals surface area contributed by atoms with Crippen LogP contribution >= 0.6 is 27.5 Å². The summed E-state index contributed by atoms with van der Waals surface area (Å²) in [5, 5.41) is 0.613. The van der Waals surface area contributed by atoms with E-state index in [4.69, 9.17) is 11.6 Å². The number of rotatable bonds is 2. The van der Waals surface area contributed by atoms with Gasteiger partial charge in [-0.2, -0.15) is 13.2 Å². The highest BCUT2D eigenvalue weighted by Gasteiger charge is 2.34. The van der Waals surface area contributed by atoms with Gasteiger partial charge < -0.3 is 4.90 Å². The first kappa shape index (κ1) is 14.7. The van der Waals surface area contributed by atoms with Crippen LogP contribution in [0, 0.1) is 5.92 Å².